The van der Waals surface area contributed by atoms with Crippen LogP contribution in [0.1, 0.15) is 23.2 Å². The summed E-state index contributed by atoms with van der Waals surface area (Å²) in [6, 6.07) is 15.1. The van der Waals surface area contributed by atoms with Gasteiger partial charge in [-0.3, -0.25) is 0 Å². The Morgan fingerprint density at radius 2 is 1.50 bits per heavy atom. The minimum absolute atomic E-state index is 0.148. The highest BCUT2D eigenvalue weighted by Gasteiger charge is 2.17. The number of carboxylic acid groups (broad SMARTS) is 1. The minimum Gasteiger partial charge on any atom is -0.478 e. The van der Waals surface area contributed by atoms with Gasteiger partial charge in [0.2, 0.25) is 10.0 Å². The van der Waals surface area contributed by atoms with Crippen molar-refractivity contribution < 1.29 is 18.3 Å². The highest BCUT2D eigenvalue weighted by Crippen LogP contribution is 2.24. The summed E-state index contributed by atoms with van der Waals surface area (Å²) >= 11 is 0. The van der Waals surface area contributed by atoms with E-state index in [1.165, 1.54) is 12.1 Å². The molecule has 0 aliphatic carbocycles. The summed E-state index contributed by atoms with van der Waals surface area (Å²) in [6.07, 6.45) is 2.32. The zero-order valence-electron chi connectivity index (χ0n) is 13.1. The molecule has 1 fully saturated rings. The molecule has 3 rings (SSSR count). The van der Waals surface area contributed by atoms with Crippen LogP contribution >= 0.6 is 0 Å². The number of nitrogens with two attached hydrogens (primary N) is 1. The molecular weight excluding hydrogens is 328 g/mol. The molecule has 1 heterocycles. The number of rotatable bonds is 3. The van der Waals surface area contributed by atoms with Crippen LogP contribution in [0.25, 0.3) is 0 Å². The average Bonchev–Trinajstić information content (AvgIpc) is 3.10. The van der Waals surface area contributed by atoms with Gasteiger partial charge in [0.15, 0.2) is 0 Å². The zero-order chi connectivity index (χ0) is 17.6. The minimum atomic E-state index is -3.50. The van der Waals surface area contributed by atoms with Crippen LogP contribution in [0.15, 0.2) is 59.5 Å². The fraction of sp³-hybridized carbons (Fsp3) is 0.235. The first kappa shape index (κ1) is 18.0. The van der Waals surface area contributed by atoms with E-state index in [2.05, 4.69) is 4.90 Å². The second-order valence-corrected chi connectivity index (χ2v) is 6.94. The van der Waals surface area contributed by atoms with Crippen molar-refractivity contribution in [2.75, 3.05) is 18.0 Å². The maximum absolute atomic E-state index is 11.0. The molecule has 0 aromatic heterocycles. The van der Waals surface area contributed by atoms with E-state index in [1.54, 1.807) is 30.3 Å². The van der Waals surface area contributed by atoms with Crippen LogP contribution in [-0.2, 0) is 10.0 Å². The molecular formula is C17H20N2O4S. The van der Waals surface area contributed by atoms with Crippen LogP contribution in [0.2, 0.25) is 0 Å². The third-order valence-corrected chi connectivity index (χ3v) is 4.58. The van der Waals surface area contributed by atoms with Gasteiger partial charge < -0.3 is 10.0 Å². The fourth-order valence-electron chi connectivity index (χ4n) is 2.50. The summed E-state index contributed by atoms with van der Waals surface area (Å²) in [7, 11) is -3.50. The maximum Gasteiger partial charge on any atom is 0.337 e. The topological polar surface area (TPSA) is 101 Å². The molecule has 1 aliphatic heterocycles. The van der Waals surface area contributed by atoms with Crippen molar-refractivity contribution in [1.29, 1.82) is 0 Å². The smallest absolute Gasteiger partial charge is 0.337 e. The van der Waals surface area contributed by atoms with Crippen molar-refractivity contribution in [3.8, 4) is 0 Å². The predicted octanol–water partition coefficient (Wildman–Crippen LogP) is 2.32. The number of hydrogen-bond donors (Lipinski definition) is 2. The molecule has 6 nitrogen and oxygen atoms in total. The highest BCUT2D eigenvalue weighted by molar-refractivity contribution is 7.89. The van der Waals surface area contributed by atoms with Crippen LogP contribution in [0.3, 0.4) is 0 Å². The lowest BCUT2D eigenvalue weighted by Gasteiger charge is -2.19. The standard InChI is InChI=1S/C11H13NO2.C6H7NO2S/c13-11(14)9-5-1-2-6-10(9)12-7-3-4-8-12;7-10(8,9)6-4-2-1-3-5-6/h1-2,5-6H,3-4,7-8H2,(H,13,14);1-5H,(H2,7,8,9). The monoisotopic (exact) mass is 348 g/mol. The molecule has 7 heteroatoms. The van der Waals surface area contributed by atoms with Gasteiger partial charge in [0, 0.05) is 13.1 Å². The van der Waals surface area contributed by atoms with Crippen LogP contribution in [0, 0.1) is 0 Å². The summed E-state index contributed by atoms with van der Waals surface area (Å²) in [5, 5.41) is 13.8. The highest BCUT2D eigenvalue weighted by atomic mass is 32.2. The summed E-state index contributed by atoms with van der Waals surface area (Å²) in [5.74, 6) is -0.840. The fourth-order valence-corrected chi connectivity index (χ4v) is 3.03. The van der Waals surface area contributed by atoms with Crippen molar-refractivity contribution >= 4 is 21.7 Å². The van der Waals surface area contributed by atoms with Crippen LogP contribution < -0.4 is 10.0 Å². The lowest BCUT2D eigenvalue weighted by molar-refractivity contribution is 0.0697. The first-order chi connectivity index (χ1) is 11.4. The van der Waals surface area contributed by atoms with Crippen molar-refractivity contribution in [1.82, 2.24) is 0 Å². The van der Waals surface area contributed by atoms with Gasteiger partial charge in [-0.05, 0) is 37.1 Å². The quantitative estimate of drug-likeness (QED) is 0.886. The molecule has 0 spiro atoms. The van der Waals surface area contributed by atoms with Crippen LogP contribution in [-0.4, -0.2) is 32.6 Å². The normalized spacial score (nSPS) is 14.0. The third-order valence-electron chi connectivity index (χ3n) is 3.65. The number of anilines is 1. The van der Waals surface area contributed by atoms with Crippen LogP contribution in [0.5, 0.6) is 0 Å². The summed E-state index contributed by atoms with van der Waals surface area (Å²) < 4.78 is 21.2. The van der Waals surface area contributed by atoms with E-state index in [0.717, 1.165) is 31.6 Å². The van der Waals surface area contributed by atoms with E-state index in [0.29, 0.717) is 5.56 Å². The van der Waals surface area contributed by atoms with E-state index in [4.69, 9.17) is 10.2 Å². The van der Waals surface area contributed by atoms with E-state index in [-0.39, 0.29) is 4.90 Å². The van der Waals surface area contributed by atoms with E-state index < -0.39 is 16.0 Å². The lowest BCUT2D eigenvalue weighted by atomic mass is 10.1. The van der Waals surface area contributed by atoms with E-state index in [1.807, 2.05) is 12.1 Å². The molecule has 0 radical (unpaired) electrons. The maximum atomic E-state index is 11.0. The Balaban J connectivity index is 0.000000185. The summed E-state index contributed by atoms with van der Waals surface area (Å²) in [6.45, 7) is 1.95. The van der Waals surface area contributed by atoms with Crippen molar-refractivity contribution in [3.05, 3.63) is 60.2 Å². The van der Waals surface area contributed by atoms with Gasteiger partial charge in [0.05, 0.1) is 16.1 Å². The molecule has 24 heavy (non-hydrogen) atoms. The first-order valence-electron chi connectivity index (χ1n) is 7.54. The zero-order valence-corrected chi connectivity index (χ0v) is 13.9. The molecule has 0 atom stereocenters. The Labute approximate surface area is 141 Å². The summed E-state index contributed by atoms with van der Waals surface area (Å²) in [5.41, 5.74) is 1.27. The van der Waals surface area contributed by atoms with Crippen LogP contribution in [0.4, 0.5) is 5.69 Å². The van der Waals surface area contributed by atoms with Gasteiger partial charge in [-0.25, -0.2) is 18.4 Å². The van der Waals surface area contributed by atoms with Gasteiger partial charge in [-0.15, -0.1) is 0 Å². The Morgan fingerprint density at radius 3 is 2.00 bits per heavy atom. The number of para-hydroxylation sites is 1. The van der Waals surface area contributed by atoms with Gasteiger partial charge in [-0.1, -0.05) is 30.3 Å². The number of benzene rings is 2. The number of primary sulfonamides is 1. The van der Waals surface area contributed by atoms with E-state index >= 15 is 0 Å². The molecule has 0 unspecified atom stereocenters. The molecule has 0 bridgehead atoms. The molecule has 3 N–H and O–H groups in total. The van der Waals surface area contributed by atoms with Crippen molar-refractivity contribution in [2.45, 2.75) is 17.7 Å². The third kappa shape index (κ3) is 4.81. The number of hydrogen-bond acceptors (Lipinski definition) is 4. The Hall–Kier alpha value is -2.38. The number of sulfonamides is 1. The van der Waals surface area contributed by atoms with Gasteiger partial charge in [0.1, 0.15) is 0 Å². The lowest BCUT2D eigenvalue weighted by Crippen LogP contribution is -2.20. The largest absolute Gasteiger partial charge is 0.478 e. The second kappa shape index (κ2) is 7.94. The van der Waals surface area contributed by atoms with Crippen molar-refractivity contribution in [3.63, 3.8) is 0 Å². The Kier molecular flexibility index (Phi) is 5.94. The average molecular weight is 348 g/mol. The predicted molar refractivity (Wildman–Crippen MR) is 92.7 cm³/mol. The molecule has 0 amide bonds. The van der Waals surface area contributed by atoms with Gasteiger partial charge >= 0.3 is 5.97 Å². The number of nitrogens with zero attached hydrogens (tertiary/aromatic N) is 1. The summed E-state index contributed by atoms with van der Waals surface area (Å²) in [4.78, 5) is 13.2. The second-order valence-electron chi connectivity index (χ2n) is 5.37. The van der Waals surface area contributed by atoms with Crippen molar-refractivity contribution in [2.24, 2.45) is 5.14 Å². The van der Waals surface area contributed by atoms with Gasteiger partial charge in [0.25, 0.3) is 0 Å². The first-order valence-corrected chi connectivity index (χ1v) is 9.09. The Morgan fingerprint density at radius 1 is 0.958 bits per heavy atom. The Bertz CT molecular complexity index is 785. The molecule has 2 aromatic carbocycles. The number of aromatic carboxylic acids is 1. The number of carbonyl (C=O) groups is 1. The van der Waals surface area contributed by atoms with Gasteiger partial charge in [-0.2, -0.15) is 0 Å². The molecule has 2 aromatic rings. The molecule has 1 aliphatic rings. The van der Waals surface area contributed by atoms with E-state index in [9.17, 15) is 13.2 Å². The number of carboxylic acids is 1. The SMILES string of the molecule is NS(=O)(=O)c1ccccc1.O=C(O)c1ccccc1N1CCCC1. The molecule has 1 saturated heterocycles. The molecule has 0 saturated carbocycles. The molecule has 128 valence electrons.